The Balaban J connectivity index is 1.50. The van der Waals surface area contributed by atoms with Gasteiger partial charge in [0.05, 0.1) is 10.6 Å². The lowest BCUT2D eigenvalue weighted by Gasteiger charge is -2.34. The summed E-state index contributed by atoms with van der Waals surface area (Å²) >= 11 is 0. The molecule has 44 heavy (non-hydrogen) atoms. The van der Waals surface area contributed by atoms with Gasteiger partial charge in [-0.2, -0.15) is 0 Å². The lowest BCUT2D eigenvalue weighted by atomic mass is 10.1. The summed E-state index contributed by atoms with van der Waals surface area (Å²) in [6, 6.07) is 16.0. The van der Waals surface area contributed by atoms with Crippen molar-refractivity contribution in [2.24, 2.45) is 0 Å². The Morgan fingerprint density at radius 3 is 2.27 bits per heavy atom. The second kappa shape index (κ2) is 13.7. The predicted octanol–water partition coefficient (Wildman–Crippen LogP) is 4.97. The van der Waals surface area contributed by atoms with E-state index in [0.29, 0.717) is 18.8 Å². The maximum atomic E-state index is 14.2. The average Bonchev–Trinajstić information content (AvgIpc) is 3.54. The smallest absolute Gasteiger partial charge is 0.264 e. The van der Waals surface area contributed by atoms with Crippen LogP contribution in [0.5, 0.6) is 11.5 Å². The number of amides is 2. The van der Waals surface area contributed by atoms with Crippen molar-refractivity contribution >= 4 is 27.5 Å². The summed E-state index contributed by atoms with van der Waals surface area (Å²) in [5.74, 6) is -0.680. The Kier molecular flexibility index (Phi) is 9.73. The van der Waals surface area contributed by atoms with Gasteiger partial charge >= 0.3 is 0 Å². The molecule has 0 bridgehead atoms. The van der Waals surface area contributed by atoms with E-state index >= 15 is 0 Å². The number of benzene rings is 3. The molecular weight excluding hydrogens is 585 g/mol. The van der Waals surface area contributed by atoms with Crippen molar-refractivity contribution in [2.75, 3.05) is 24.1 Å². The summed E-state index contributed by atoms with van der Waals surface area (Å²) in [6.45, 7) is 3.90. The molecule has 2 aliphatic rings. The zero-order chi connectivity index (χ0) is 31.3. The van der Waals surface area contributed by atoms with Gasteiger partial charge in [0.25, 0.3) is 10.0 Å². The Morgan fingerprint density at radius 1 is 0.955 bits per heavy atom. The van der Waals surface area contributed by atoms with E-state index in [1.54, 1.807) is 0 Å². The Labute approximate surface area is 258 Å². The molecule has 2 amide bonds. The van der Waals surface area contributed by atoms with Gasteiger partial charge in [-0.25, -0.2) is 12.8 Å². The topological polar surface area (TPSA) is 105 Å². The number of hydrogen-bond donors (Lipinski definition) is 1. The zero-order valence-corrected chi connectivity index (χ0v) is 25.8. The van der Waals surface area contributed by atoms with Crippen molar-refractivity contribution in [3.63, 3.8) is 0 Å². The third-order valence-electron chi connectivity index (χ3n) is 8.06. The molecule has 0 aromatic heterocycles. The maximum Gasteiger partial charge on any atom is 0.264 e. The van der Waals surface area contributed by atoms with E-state index in [-0.39, 0.29) is 41.4 Å². The van der Waals surface area contributed by atoms with Gasteiger partial charge in [0.15, 0.2) is 11.5 Å². The number of anilines is 1. The largest absolute Gasteiger partial charge is 0.486 e. The standard InChI is InChI=1S/C33H38FN3O6S/c1-3-29(33(39)35-26-6-4-5-7-26)36(21-24-10-8-23(2)9-11-24)32(38)22-37(27-14-12-25(34)13-15-27)44(40,41)28-16-17-30-31(20-28)43-19-18-42-30/h8-17,20,26,29H,3-7,18-19,21-22H2,1-2H3,(H,35,39). The molecule has 1 heterocycles. The molecule has 1 unspecified atom stereocenters. The minimum absolute atomic E-state index is 0.0548. The minimum atomic E-state index is -4.35. The number of rotatable bonds is 11. The molecule has 1 aliphatic heterocycles. The third-order valence-corrected chi connectivity index (χ3v) is 9.83. The van der Waals surface area contributed by atoms with Gasteiger partial charge in [-0.15, -0.1) is 0 Å². The molecule has 11 heteroatoms. The van der Waals surface area contributed by atoms with E-state index < -0.39 is 34.3 Å². The quantitative estimate of drug-likeness (QED) is 0.324. The van der Waals surface area contributed by atoms with Crippen LogP contribution in [0.25, 0.3) is 0 Å². The number of halogens is 1. The van der Waals surface area contributed by atoms with Crippen molar-refractivity contribution < 1.29 is 31.9 Å². The molecule has 1 saturated carbocycles. The summed E-state index contributed by atoms with van der Waals surface area (Å²) in [5.41, 5.74) is 1.96. The molecule has 234 valence electrons. The van der Waals surface area contributed by atoms with E-state index in [9.17, 15) is 22.4 Å². The van der Waals surface area contributed by atoms with Gasteiger partial charge in [0.2, 0.25) is 11.8 Å². The third kappa shape index (κ3) is 7.15. The molecule has 3 aromatic rings. The first-order valence-corrected chi connectivity index (χ1v) is 16.4. The molecule has 1 N–H and O–H groups in total. The van der Waals surface area contributed by atoms with Crippen molar-refractivity contribution in [2.45, 2.75) is 69.5 Å². The van der Waals surface area contributed by atoms with Crippen molar-refractivity contribution in [3.05, 3.63) is 83.7 Å². The van der Waals surface area contributed by atoms with Crippen LogP contribution in [0.3, 0.4) is 0 Å². The van der Waals surface area contributed by atoms with Gasteiger partial charge in [-0.05, 0) is 68.1 Å². The molecule has 0 saturated heterocycles. The fourth-order valence-corrected chi connectivity index (χ4v) is 7.05. The fourth-order valence-electron chi connectivity index (χ4n) is 5.62. The Morgan fingerprint density at radius 2 is 1.61 bits per heavy atom. The second-order valence-corrected chi connectivity index (χ2v) is 13.1. The highest BCUT2D eigenvalue weighted by Crippen LogP contribution is 2.34. The minimum Gasteiger partial charge on any atom is -0.486 e. The highest BCUT2D eigenvalue weighted by atomic mass is 32.2. The lowest BCUT2D eigenvalue weighted by molar-refractivity contribution is -0.140. The Bertz CT molecular complexity index is 1570. The van der Waals surface area contributed by atoms with Gasteiger partial charge in [-0.1, -0.05) is 49.6 Å². The molecular formula is C33H38FN3O6S. The van der Waals surface area contributed by atoms with Crippen LogP contribution in [0.4, 0.5) is 10.1 Å². The summed E-state index contributed by atoms with van der Waals surface area (Å²) in [4.78, 5) is 29.1. The maximum absolute atomic E-state index is 14.2. The first-order chi connectivity index (χ1) is 21.2. The second-order valence-electron chi connectivity index (χ2n) is 11.2. The number of hydrogen-bond acceptors (Lipinski definition) is 6. The van der Waals surface area contributed by atoms with Gasteiger partial charge in [0.1, 0.15) is 31.6 Å². The SMILES string of the molecule is CCC(C(=O)NC1CCCC1)N(Cc1ccc(C)cc1)C(=O)CN(c1ccc(F)cc1)S(=O)(=O)c1ccc2c(c1)OCCO2. The molecule has 1 fully saturated rings. The van der Waals surface area contributed by atoms with E-state index in [1.165, 1.54) is 35.2 Å². The monoisotopic (exact) mass is 623 g/mol. The number of ether oxygens (including phenoxy) is 2. The zero-order valence-electron chi connectivity index (χ0n) is 25.0. The molecule has 1 aliphatic carbocycles. The molecule has 3 aromatic carbocycles. The normalized spacial score (nSPS) is 15.4. The molecule has 1 atom stereocenters. The van der Waals surface area contributed by atoms with Crippen LogP contribution in [-0.4, -0.2) is 57.0 Å². The van der Waals surface area contributed by atoms with Crippen molar-refractivity contribution in [1.29, 1.82) is 0 Å². The van der Waals surface area contributed by atoms with Crippen LogP contribution < -0.4 is 19.1 Å². The predicted molar refractivity (Wildman–Crippen MR) is 165 cm³/mol. The first-order valence-electron chi connectivity index (χ1n) is 15.0. The Hall–Kier alpha value is -4.12. The number of sulfonamides is 1. The van der Waals surface area contributed by atoms with E-state index in [0.717, 1.165) is 53.2 Å². The van der Waals surface area contributed by atoms with Gasteiger partial charge < -0.3 is 19.7 Å². The molecule has 5 rings (SSSR count). The average molecular weight is 624 g/mol. The van der Waals surface area contributed by atoms with Crippen molar-refractivity contribution in [3.8, 4) is 11.5 Å². The number of carbonyl (C=O) groups is 2. The molecule has 9 nitrogen and oxygen atoms in total. The lowest BCUT2D eigenvalue weighted by Crippen LogP contribution is -2.53. The fraction of sp³-hybridized carbons (Fsp3) is 0.394. The van der Waals surface area contributed by atoms with Gasteiger partial charge in [-0.3, -0.25) is 13.9 Å². The van der Waals surface area contributed by atoms with Crippen LogP contribution in [0.1, 0.15) is 50.2 Å². The summed E-state index contributed by atoms with van der Waals surface area (Å²) in [7, 11) is -4.35. The van der Waals surface area contributed by atoms with Crippen LogP contribution in [-0.2, 0) is 26.2 Å². The number of nitrogens with one attached hydrogen (secondary N) is 1. The van der Waals surface area contributed by atoms with Gasteiger partial charge in [0, 0.05) is 18.7 Å². The highest BCUT2D eigenvalue weighted by molar-refractivity contribution is 7.92. The molecule has 0 spiro atoms. The van der Waals surface area contributed by atoms with E-state index in [4.69, 9.17) is 9.47 Å². The first kappa shape index (κ1) is 31.3. The van der Waals surface area contributed by atoms with E-state index in [2.05, 4.69) is 5.32 Å². The number of carbonyl (C=O) groups excluding carboxylic acids is 2. The molecule has 0 radical (unpaired) electrons. The summed E-state index contributed by atoms with van der Waals surface area (Å²) in [5, 5.41) is 3.10. The summed E-state index contributed by atoms with van der Waals surface area (Å²) < 4.78 is 54.3. The van der Waals surface area contributed by atoms with Crippen LogP contribution in [0.2, 0.25) is 0 Å². The number of fused-ring (bicyclic) bond motifs is 1. The van der Waals surface area contributed by atoms with Crippen LogP contribution in [0.15, 0.2) is 71.6 Å². The highest BCUT2D eigenvalue weighted by Gasteiger charge is 2.35. The van der Waals surface area contributed by atoms with Crippen LogP contribution >= 0.6 is 0 Å². The van der Waals surface area contributed by atoms with E-state index in [1.807, 2.05) is 38.1 Å². The van der Waals surface area contributed by atoms with Crippen LogP contribution in [0, 0.1) is 12.7 Å². The number of aryl methyl sites for hydroxylation is 1. The number of nitrogens with zero attached hydrogens (tertiary/aromatic N) is 2. The summed E-state index contributed by atoms with van der Waals surface area (Å²) in [6.07, 6.45) is 4.19. The van der Waals surface area contributed by atoms with Crippen molar-refractivity contribution in [1.82, 2.24) is 10.2 Å².